The van der Waals surface area contributed by atoms with E-state index in [1.807, 2.05) is 0 Å². The Morgan fingerprint density at radius 3 is 2.13 bits per heavy atom. The maximum Gasteiger partial charge on any atom is 0.465 e. The number of hydrogen-bond donors (Lipinski definition) is 0. The van der Waals surface area contributed by atoms with Crippen LogP contribution in [0.1, 0.15) is 43.6 Å². The molecule has 1 aromatic rings. The third-order valence-corrected chi connectivity index (χ3v) is 4.25. The lowest BCUT2D eigenvalue weighted by Gasteiger charge is -2.32. The highest BCUT2D eigenvalue weighted by Crippen LogP contribution is 2.38. The predicted octanol–water partition coefficient (Wildman–Crippen LogP) is 4.12. The van der Waals surface area contributed by atoms with Crippen LogP contribution in [0.3, 0.4) is 0 Å². The number of ketones is 1. The van der Waals surface area contributed by atoms with Gasteiger partial charge in [0.15, 0.2) is 5.78 Å². The second-order valence-corrected chi connectivity index (χ2v) is 6.51. The molecule has 23 heavy (non-hydrogen) atoms. The average Bonchev–Trinajstić information content (AvgIpc) is 2.55. The lowest BCUT2D eigenvalue weighted by molar-refractivity contribution is -0.140. The molecule has 3 nitrogen and oxygen atoms in total. The lowest BCUT2D eigenvalue weighted by Crippen LogP contribution is -2.41. The van der Waals surface area contributed by atoms with Gasteiger partial charge in [0, 0.05) is 11.9 Å². The highest BCUT2D eigenvalue weighted by atomic mass is 19.4. The minimum absolute atomic E-state index is 0.228. The first-order valence-electron chi connectivity index (χ1n) is 7.09. The second kappa shape index (κ2) is 5.59. The van der Waals surface area contributed by atoms with Crippen LogP contribution in [0.4, 0.5) is 17.6 Å². The number of halogens is 4. The third kappa shape index (κ3) is 3.58. The summed E-state index contributed by atoms with van der Waals surface area (Å²) in [7, 11) is -0.855. The molecule has 0 atom stereocenters. The molecule has 1 fully saturated rings. The Balaban J connectivity index is 2.17. The largest absolute Gasteiger partial charge is 0.465 e. The Bertz CT molecular complexity index is 610. The van der Waals surface area contributed by atoms with Crippen molar-refractivity contribution in [2.45, 2.75) is 51.4 Å². The Hall–Kier alpha value is -1.41. The van der Waals surface area contributed by atoms with Crippen LogP contribution in [0, 0.1) is 5.82 Å². The molecule has 1 aromatic carbocycles. The quantitative estimate of drug-likeness (QED) is 0.475. The molecule has 0 unspecified atom stereocenters. The number of hydrogen-bond acceptors (Lipinski definition) is 3. The maximum atomic E-state index is 13.3. The van der Waals surface area contributed by atoms with Crippen molar-refractivity contribution in [2.24, 2.45) is 0 Å². The molecule has 1 aliphatic heterocycles. The standard InChI is InChI=1S/C15H17BF4O3/c1-13(2)14(3,4)23-16(22-13)8-12(21)9-5-6-11(17)10(7-9)15(18,19)20/h5-7H,8H2,1-4H3. The molecule has 0 amide bonds. The summed E-state index contributed by atoms with van der Waals surface area (Å²) in [5, 5.41) is 0. The molecular formula is C15H17BF4O3. The van der Waals surface area contributed by atoms with E-state index in [0.717, 1.165) is 6.07 Å². The van der Waals surface area contributed by atoms with Crippen molar-refractivity contribution in [1.29, 1.82) is 0 Å². The van der Waals surface area contributed by atoms with Crippen molar-refractivity contribution < 1.29 is 31.7 Å². The topological polar surface area (TPSA) is 35.5 Å². The van der Waals surface area contributed by atoms with Crippen molar-refractivity contribution in [3.8, 4) is 0 Å². The summed E-state index contributed by atoms with van der Waals surface area (Å²) in [6.45, 7) is 7.21. The molecule has 0 aromatic heterocycles. The van der Waals surface area contributed by atoms with Gasteiger partial charge in [0.25, 0.3) is 0 Å². The Labute approximate surface area is 132 Å². The molecule has 8 heteroatoms. The SMILES string of the molecule is CC1(C)OB(CC(=O)c2ccc(F)c(C(F)(F)F)c2)OC1(C)C. The van der Waals surface area contributed by atoms with Gasteiger partial charge in [-0.25, -0.2) is 4.39 Å². The summed E-state index contributed by atoms with van der Waals surface area (Å²) in [5.41, 5.74) is -2.97. The minimum atomic E-state index is -4.86. The number of carbonyl (C=O) groups is 1. The van der Waals surface area contributed by atoms with Crippen LogP contribution in [0.15, 0.2) is 18.2 Å². The van der Waals surface area contributed by atoms with Gasteiger partial charge in [-0.1, -0.05) is 0 Å². The monoisotopic (exact) mass is 332 g/mol. The van der Waals surface area contributed by atoms with E-state index in [4.69, 9.17) is 9.31 Å². The van der Waals surface area contributed by atoms with Crippen LogP contribution in [0.25, 0.3) is 0 Å². The third-order valence-electron chi connectivity index (χ3n) is 4.25. The van der Waals surface area contributed by atoms with Crippen LogP contribution in [0.2, 0.25) is 6.32 Å². The molecule has 1 saturated heterocycles. The summed E-state index contributed by atoms with van der Waals surface area (Å²) in [6.07, 6.45) is -5.10. The van der Waals surface area contributed by atoms with Crippen molar-refractivity contribution >= 4 is 12.9 Å². The molecule has 2 rings (SSSR count). The van der Waals surface area contributed by atoms with Crippen LogP contribution in [0.5, 0.6) is 0 Å². The normalized spacial score (nSPS) is 19.9. The first-order chi connectivity index (χ1) is 10.3. The van der Waals surface area contributed by atoms with Crippen molar-refractivity contribution in [3.63, 3.8) is 0 Å². The molecule has 0 saturated carbocycles. The zero-order chi connectivity index (χ0) is 17.6. The average molecular weight is 332 g/mol. The van der Waals surface area contributed by atoms with Gasteiger partial charge in [-0.05, 0) is 45.9 Å². The summed E-state index contributed by atoms with van der Waals surface area (Å²) < 4.78 is 62.6. The van der Waals surface area contributed by atoms with Crippen molar-refractivity contribution in [1.82, 2.24) is 0 Å². The minimum Gasteiger partial charge on any atom is -0.403 e. The first kappa shape index (κ1) is 17.9. The van der Waals surface area contributed by atoms with Crippen molar-refractivity contribution in [2.75, 3.05) is 0 Å². The number of rotatable bonds is 3. The van der Waals surface area contributed by atoms with Crippen molar-refractivity contribution in [3.05, 3.63) is 35.1 Å². The van der Waals surface area contributed by atoms with E-state index in [1.54, 1.807) is 27.7 Å². The summed E-state index contributed by atoms with van der Waals surface area (Å²) in [5.74, 6) is -2.02. The van der Waals surface area contributed by atoms with Gasteiger partial charge in [0.05, 0.1) is 16.8 Å². The number of Topliss-reactive ketones (excluding diaryl/α,β-unsaturated/α-hetero) is 1. The van der Waals surface area contributed by atoms with Gasteiger partial charge in [-0.2, -0.15) is 13.2 Å². The lowest BCUT2D eigenvalue weighted by atomic mass is 9.80. The molecule has 1 aliphatic rings. The van der Waals surface area contributed by atoms with Crippen LogP contribution in [-0.4, -0.2) is 24.1 Å². The molecule has 0 aliphatic carbocycles. The second-order valence-electron chi connectivity index (χ2n) is 6.51. The van der Waals surface area contributed by atoms with Crippen LogP contribution < -0.4 is 0 Å². The zero-order valence-electron chi connectivity index (χ0n) is 13.3. The summed E-state index contributed by atoms with van der Waals surface area (Å²) >= 11 is 0. The highest BCUT2D eigenvalue weighted by molar-refractivity contribution is 6.51. The molecule has 126 valence electrons. The van der Waals surface area contributed by atoms with Gasteiger partial charge in [0.2, 0.25) is 0 Å². The maximum absolute atomic E-state index is 13.3. The molecule has 1 heterocycles. The fraction of sp³-hybridized carbons (Fsp3) is 0.533. The molecule has 0 bridgehead atoms. The van der Waals surface area contributed by atoms with Gasteiger partial charge in [-0.3, -0.25) is 4.79 Å². The van der Waals surface area contributed by atoms with Crippen LogP contribution >= 0.6 is 0 Å². The van der Waals surface area contributed by atoms with Gasteiger partial charge >= 0.3 is 13.3 Å². The molecule has 0 N–H and O–H groups in total. The van der Waals surface area contributed by atoms with Gasteiger partial charge in [-0.15, -0.1) is 0 Å². The van der Waals surface area contributed by atoms with Gasteiger partial charge < -0.3 is 9.31 Å². The predicted molar refractivity (Wildman–Crippen MR) is 76.6 cm³/mol. The molecule has 0 radical (unpaired) electrons. The fourth-order valence-electron chi connectivity index (χ4n) is 2.23. The highest BCUT2D eigenvalue weighted by Gasteiger charge is 2.51. The Morgan fingerprint density at radius 1 is 1.13 bits per heavy atom. The Morgan fingerprint density at radius 2 is 1.65 bits per heavy atom. The zero-order valence-corrected chi connectivity index (χ0v) is 13.3. The fourth-order valence-corrected chi connectivity index (χ4v) is 2.23. The number of carbonyl (C=O) groups excluding carboxylic acids is 1. The first-order valence-corrected chi connectivity index (χ1v) is 7.09. The number of alkyl halides is 3. The van der Waals surface area contributed by atoms with E-state index >= 15 is 0 Å². The van der Waals surface area contributed by atoms with E-state index in [9.17, 15) is 22.4 Å². The molecule has 0 spiro atoms. The Kier molecular flexibility index (Phi) is 4.36. The van der Waals surface area contributed by atoms with Gasteiger partial charge in [0.1, 0.15) is 5.82 Å². The summed E-state index contributed by atoms with van der Waals surface area (Å²) in [6, 6.07) is 2.18. The van der Waals surface area contributed by atoms with E-state index in [2.05, 4.69) is 0 Å². The number of benzene rings is 1. The summed E-state index contributed by atoms with van der Waals surface area (Å²) in [4.78, 5) is 12.2. The molecular weight excluding hydrogens is 315 g/mol. The van der Waals surface area contributed by atoms with E-state index in [-0.39, 0.29) is 11.9 Å². The van der Waals surface area contributed by atoms with E-state index in [0.29, 0.717) is 12.1 Å². The smallest absolute Gasteiger partial charge is 0.403 e. The van der Waals surface area contributed by atoms with Crippen LogP contribution in [-0.2, 0) is 15.5 Å². The van der Waals surface area contributed by atoms with E-state index < -0.39 is 41.7 Å². The van der Waals surface area contributed by atoms with E-state index in [1.165, 1.54) is 0 Å².